The number of aromatic nitrogens is 4. The molecule has 0 aliphatic rings. The van der Waals surface area contributed by atoms with Crippen molar-refractivity contribution in [3.8, 4) is 11.4 Å². The number of para-hydroxylation sites is 2. The first kappa shape index (κ1) is 20.0. The number of rotatable bonds is 5. The topological polar surface area (TPSA) is 89.9 Å². The number of aromatic amines is 1. The minimum atomic E-state index is -0.190. The lowest BCUT2D eigenvalue weighted by molar-refractivity contribution is 0.414. The molecule has 2 aromatic heterocycles. The minimum Gasteiger partial charge on any atom is -0.497 e. The van der Waals surface area contributed by atoms with Crippen LogP contribution in [0.4, 0.5) is 0 Å². The maximum atomic E-state index is 13.3. The van der Waals surface area contributed by atoms with Gasteiger partial charge < -0.3 is 9.72 Å². The van der Waals surface area contributed by atoms with Gasteiger partial charge in [0.15, 0.2) is 5.16 Å². The van der Waals surface area contributed by atoms with Crippen LogP contribution in [0, 0.1) is 0 Å². The molecule has 8 heteroatoms. The summed E-state index contributed by atoms with van der Waals surface area (Å²) in [6, 6.07) is 21.7. The molecule has 1 N–H and O–H groups in total. The molecule has 0 amide bonds. The molecule has 0 spiro atoms. The van der Waals surface area contributed by atoms with E-state index < -0.39 is 0 Å². The Morgan fingerprint density at radius 2 is 1.53 bits per heavy atom. The van der Waals surface area contributed by atoms with Crippen molar-refractivity contribution >= 4 is 33.6 Å². The first-order chi connectivity index (χ1) is 15.6. The van der Waals surface area contributed by atoms with Crippen LogP contribution < -0.4 is 15.9 Å². The molecule has 0 aliphatic heterocycles. The molecule has 5 aromatic rings. The van der Waals surface area contributed by atoms with Gasteiger partial charge in [0.05, 0.1) is 40.4 Å². The van der Waals surface area contributed by atoms with Gasteiger partial charge in [-0.15, -0.1) is 0 Å². The molecule has 0 fully saturated rings. The molecule has 32 heavy (non-hydrogen) atoms. The van der Waals surface area contributed by atoms with E-state index in [4.69, 9.17) is 9.72 Å². The van der Waals surface area contributed by atoms with Gasteiger partial charge in [0, 0.05) is 0 Å². The summed E-state index contributed by atoms with van der Waals surface area (Å²) >= 11 is 1.34. The van der Waals surface area contributed by atoms with Gasteiger partial charge >= 0.3 is 0 Å². The zero-order chi connectivity index (χ0) is 22.1. The molecule has 3 aromatic carbocycles. The van der Waals surface area contributed by atoms with E-state index in [9.17, 15) is 9.59 Å². The van der Waals surface area contributed by atoms with E-state index in [0.717, 1.165) is 0 Å². The molecular formula is C24H18N4O3S. The van der Waals surface area contributed by atoms with E-state index in [1.807, 2.05) is 36.4 Å². The Labute approximate surface area is 186 Å². The number of nitrogens with one attached hydrogen (secondary N) is 1. The predicted molar refractivity (Wildman–Crippen MR) is 126 cm³/mol. The van der Waals surface area contributed by atoms with E-state index in [-0.39, 0.29) is 11.1 Å². The van der Waals surface area contributed by atoms with Crippen LogP contribution in [0.15, 0.2) is 87.5 Å². The molecule has 0 atom stereocenters. The third-order valence-corrected chi connectivity index (χ3v) is 6.03. The Morgan fingerprint density at radius 3 is 2.25 bits per heavy atom. The number of methoxy groups -OCH3 is 1. The molecule has 0 saturated carbocycles. The van der Waals surface area contributed by atoms with Gasteiger partial charge in [-0.05, 0) is 48.5 Å². The van der Waals surface area contributed by atoms with Crippen molar-refractivity contribution in [2.75, 3.05) is 7.11 Å². The van der Waals surface area contributed by atoms with Gasteiger partial charge in [-0.25, -0.2) is 9.97 Å². The van der Waals surface area contributed by atoms with Crippen molar-refractivity contribution in [1.82, 2.24) is 19.5 Å². The zero-order valence-corrected chi connectivity index (χ0v) is 17.9. The highest BCUT2D eigenvalue weighted by Crippen LogP contribution is 2.25. The summed E-state index contributed by atoms with van der Waals surface area (Å²) < 4.78 is 6.81. The molecule has 7 nitrogen and oxygen atoms in total. The summed E-state index contributed by atoms with van der Waals surface area (Å²) in [5, 5.41) is 1.58. The van der Waals surface area contributed by atoms with E-state index >= 15 is 0 Å². The van der Waals surface area contributed by atoms with Crippen molar-refractivity contribution in [3.63, 3.8) is 0 Å². The summed E-state index contributed by atoms with van der Waals surface area (Å²) in [5.74, 6) is 1.56. The number of nitrogens with zero attached hydrogens (tertiary/aromatic N) is 3. The van der Waals surface area contributed by atoms with Gasteiger partial charge in [0.1, 0.15) is 11.6 Å². The Morgan fingerprint density at radius 1 is 0.875 bits per heavy atom. The monoisotopic (exact) mass is 442 g/mol. The number of fused-ring (bicyclic) bond motifs is 2. The first-order valence-electron chi connectivity index (χ1n) is 9.91. The van der Waals surface area contributed by atoms with Gasteiger partial charge in [-0.1, -0.05) is 36.0 Å². The van der Waals surface area contributed by atoms with Crippen molar-refractivity contribution in [1.29, 1.82) is 0 Å². The Kier molecular flexibility index (Phi) is 5.20. The second-order valence-corrected chi connectivity index (χ2v) is 8.01. The van der Waals surface area contributed by atoms with Gasteiger partial charge in [-0.2, -0.15) is 0 Å². The third kappa shape index (κ3) is 3.65. The second-order valence-electron chi connectivity index (χ2n) is 7.07. The maximum absolute atomic E-state index is 13.3. The Hall–Kier alpha value is -3.91. The van der Waals surface area contributed by atoms with E-state index in [2.05, 4.69) is 9.97 Å². The highest BCUT2D eigenvalue weighted by Gasteiger charge is 2.14. The molecule has 158 valence electrons. The number of benzene rings is 3. The first-order valence-corrected chi connectivity index (χ1v) is 10.9. The number of ether oxygens (including phenoxy) is 1. The lowest BCUT2D eigenvalue weighted by atomic mass is 10.2. The van der Waals surface area contributed by atoms with Crippen LogP contribution in [0.2, 0.25) is 0 Å². The van der Waals surface area contributed by atoms with Crippen LogP contribution >= 0.6 is 11.8 Å². The summed E-state index contributed by atoms with van der Waals surface area (Å²) in [6.45, 7) is 0. The molecule has 2 heterocycles. The third-order valence-electron chi connectivity index (χ3n) is 5.08. The van der Waals surface area contributed by atoms with Crippen molar-refractivity contribution in [2.24, 2.45) is 0 Å². The molecule has 0 bridgehead atoms. The lowest BCUT2D eigenvalue weighted by Crippen LogP contribution is -2.22. The predicted octanol–water partition coefficient (Wildman–Crippen LogP) is 3.92. The highest BCUT2D eigenvalue weighted by atomic mass is 32.2. The van der Waals surface area contributed by atoms with Crippen LogP contribution in [0.25, 0.3) is 27.5 Å². The number of hydrogen-bond acceptors (Lipinski definition) is 6. The average Bonchev–Trinajstić information content (AvgIpc) is 2.83. The number of hydrogen-bond donors (Lipinski definition) is 1. The smallest absolute Gasteiger partial charge is 0.266 e. The second kappa shape index (κ2) is 8.32. The van der Waals surface area contributed by atoms with E-state index in [0.29, 0.717) is 50.0 Å². The number of thioether (sulfide) groups is 1. The van der Waals surface area contributed by atoms with Crippen molar-refractivity contribution < 1.29 is 4.74 Å². The van der Waals surface area contributed by atoms with E-state index in [1.165, 1.54) is 11.8 Å². The van der Waals surface area contributed by atoms with E-state index in [1.54, 1.807) is 48.1 Å². The standard InChI is InChI=1S/C24H18N4O3S/c1-31-16-12-10-15(11-13-16)28-23(30)18-7-3-5-9-20(18)26-24(28)32-14-21-25-19-8-4-2-6-17(19)22(29)27-21/h2-13H,14H2,1H3,(H,25,27,29). The normalized spacial score (nSPS) is 11.2. The summed E-state index contributed by atoms with van der Waals surface area (Å²) in [4.78, 5) is 37.9. The largest absolute Gasteiger partial charge is 0.497 e. The fourth-order valence-electron chi connectivity index (χ4n) is 3.50. The molecule has 0 saturated heterocycles. The van der Waals surface area contributed by atoms with Gasteiger partial charge in [0.25, 0.3) is 11.1 Å². The molecule has 0 unspecified atom stereocenters. The van der Waals surface area contributed by atoms with Gasteiger partial charge in [-0.3, -0.25) is 14.2 Å². The minimum absolute atomic E-state index is 0.164. The van der Waals surface area contributed by atoms with Crippen LogP contribution in [-0.4, -0.2) is 26.6 Å². The highest BCUT2D eigenvalue weighted by molar-refractivity contribution is 7.98. The molecule has 0 radical (unpaired) electrons. The van der Waals surface area contributed by atoms with Crippen LogP contribution in [0.5, 0.6) is 5.75 Å². The Bertz CT molecular complexity index is 1560. The van der Waals surface area contributed by atoms with Crippen LogP contribution in [0.3, 0.4) is 0 Å². The summed E-state index contributed by atoms with van der Waals surface area (Å²) in [5.41, 5.74) is 1.57. The quantitative estimate of drug-likeness (QED) is 0.328. The van der Waals surface area contributed by atoms with Gasteiger partial charge in [0.2, 0.25) is 0 Å². The fourth-order valence-corrected chi connectivity index (χ4v) is 4.39. The molecule has 0 aliphatic carbocycles. The van der Waals surface area contributed by atoms with Crippen LogP contribution in [0.1, 0.15) is 5.82 Å². The molecule has 5 rings (SSSR count). The molecular weight excluding hydrogens is 424 g/mol. The summed E-state index contributed by atoms with van der Waals surface area (Å²) in [6.07, 6.45) is 0. The number of H-pyrrole nitrogens is 1. The van der Waals surface area contributed by atoms with Crippen molar-refractivity contribution in [3.05, 3.63) is 99.3 Å². The average molecular weight is 443 g/mol. The summed E-state index contributed by atoms with van der Waals surface area (Å²) in [7, 11) is 1.59. The van der Waals surface area contributed by atoms with Crippen LogP contribution in [-0.2, 0) is 5.75 Å². The maximum Gasteiger partial charge on any atom is 0.266 e. The Balaban J connectivity index is 1.59. The zero-order valence-electron chi connectivity index (χ0n) is 17.1. The van der Waals surface area contributed by atoms with Crippen molar-refractivity contribution in [2.45, 2.75) is 10.9 Å². The SMILES string of the molecule is COc1ccc(-n2c(SCc3nc4ccccc4c(=O)[nH]3)nc3ccccc3c2=O)cc1. The fraction of sp³-hybridized carbons (Fsp3) is 0.0833. The lowest BCUT2D eigenvalue weighted by Gasteiger charge is -2.13.